The van der Waals surface area contributed by atoms with Crippen LogP contribution in [0.4, 0.5) is 11.4 Å². The molecule has 2 amide bonds. The summed E-state index contributed by atoms with van der Waals surface area (Å²) in [6, 6.07) is 16.0. The van der Waals surface area contributed by atoms with Gasteiger partial charge in [-0.15, -0.1) is 0 Å². The van der Waals surface area contributed by atoms with Crippen molar-refractivity contribution in [1.82, 2.24) is 5.32 Å². The number of hydrogen-bond acceptors (Lipinski definition) is 5. The molecule has 1 saturated heterocycles. The van der Waals surface area contributed by atoms with Gasteiger partial charge in [-0.1, -0.05) is 0 Å². The number of carbonyl (C=O) groups excluding carboxylic acids is 2. The molecule has 0 radical (unpaired) electrons. The predicted octanol–water partition coefficient (Wildman–Crippen LogP) is 1.90. The molecule has 7 heteroatoms. The minimum absolute atomic E-state index is 0.00686. The SMILES string of the molecule is CC(Oc1ccc(C#N)cc1)C(=O)Nc1ccc(N2CCNC(=O)C2)cc1. The Labute approximate surface area is 157 Å². The zero-order valence-corrected chi connectivity index (χ0v) is 14.9. The van der Waals surface area contributed by atoms with Crippen molar-refractivity contribution in [3.63, 3.8) is 0 Å². The number of anilines is 2. The van der Waals surface area contributed by atoms with Gasteiger partial charge in [0.05, 0.1) is 18.2 Å². The number of piperazine rings is 1. The molecule has 0 spiro atoms. The quantitative estimate of drug-likeness (QED) is 0.845. The molecule has 2 aromatic carbocycles. The van der Waals surface area contributed by atoms with E-state index in [-0.39, 0.29) is 11.8 Å². The third-order valence-electron chi connectivity index (χ3n) is 4.20. The van der Waals surface area contributed by atoms with Crippen LogP contribution in [-0.4, -0.2) is 37.6 Å². The Balaban J connectivity index is 1.56. The van der Waals surface area contributed by atoms with Crippen LogP contribution in [0.25, 0.3) is 0 Å². The van der Waals surface area contributed by atoms with Crippen molar-refractivity contribution in [2.75, 3.05) is 29.9 Å². The number of nitriles is 1. The Kier molecular flexibility index (Phi) is 5.57. The van der Waals surface area contributed by atoms with Crippen molar-refractivity contribution in [2.24, 2.45) is 0 Å². The summed E-state index contributed by atoms with van der Waals surface area (Å²) in [5.74, 6) is 0.257. The molecule has 1 atom stereocenters. The molecule has 2 N–H and O–H groups in total. The number of carbonyl (C=O) groups is 2. The van der Waals surface area contributed by atoms with Gasteiger partial charge < -0.3 is 20.3 Å². The van der Waals surface area contributed by atoms with Crippen LogP contribution in [0.2, 0.25) is 0 Å². The zero-order chi connectivity index (χ0) is 19.2. The van der Waals surface area contributed by atoms with E-state index in [0.29, 0.717) is 30.1 Å². The van der Waals surface area contributed by atoms with Crippen LogP contribution < -0.4 is 20.3 Å². The fourth-order valence-electron chi connectivity index (χ4n) is 2.72. The molecule has 0 aromatic heterocycles. The van der Waals surface area contributed by atoms with Crippen LogP contribution in [0.5, 0.6) is 5.75 Å². The van der Waals surface area contributed by atoms with E-state index in [9.17, 15) is 9.59 Å². The first-order valence-corrected chi connectivity index (χ1v) is 8.64. The van der Waals surface area contributed by atoms with E-state index in [1.54, 1.807) is 43.3 Å². The maximum Gasteiger partial charge on any atom is 0.265 e. The molecule has 0 bridgehead atoms. The van der Waals surface area contributed by atoms with Gasteiger partial charge in [0, 0.05) is 24.5 Å². The van der Waals surface area contributed by atoms with E-state index in [1.807, 2.05) is 23.1 Å². The van der Waals surface area contributed by atoms with Gasteiger partial charge in [-0.25, -0.2) is 0 Å². The molecule has 0 saturated carbocycles. The molecule has 1 heterocycles. The molecule has 27 heavy (non-hydrogen) atoms. The summed E-state index contributed by atoms with van der Waals surface area (Å²) in [6.45, 7) is 3.38. The number of hydrogen-bond donors (Lipinski definition) is 2. The fourth-order valence-corrected chi connectivity index (χ4v) is 2.72. The summed E-state index contributed by atoms with van der Waals surface area (Å²) < 4.78 is 5.60. The average molecular weight is 364 g/mol. The van der Waals surface area contributed by atoms with Crippen LogP contribution in [0.15, 0.2) is 48.5 Å². The highest BCUT2D eigenvalue weighted by atomic mass is 16.5. The highest BCUT2D eigenvalue weighted by molar-refractivity contribution is 5.94. The standard InChI is InChI=1S/C20H20N4O3/c1-14(27-18-8-2-15(12-21)3-9-18)20(26)23-16-4-6-17(7-5-16)24-11-10-22-19(25)13-24/h2-9,14H,10-11,13H2,1H3,(H,22,25)(H,23,26). The third-order valence-corrected chi connectivity index (χ3v) is 4.20. The van der Waals surface area contributed by atoms with E-state index in [4.69, 9.17) is 10.00 Å². The first-order valence-electron chi connectivity index (χ1n) is 8.64. The lowest BCUT2D eigenvalue weighted by Gasteiger charge is -2.28. The van der Waals surface area contributed by atoms with Crippen molar-refractivity contribution in [3.8, 4) is 11.8 Å². The number of amides is 2. The number of nitrogens with one attached hydrogen (secondary N) is 2. The molecule has 2 aromatic rings. The van der Waals surface area contributed by atoms with E-state index < -0.39 is 6.10 Å². The average Bonchev–Trinajstić information content (AvgIpc) is 2.69. The molecule has 1 unspecified atom stereocenters. The molecule has 7 nitrogen and oxygen atoms in total. The second-order valence-electron chi connectivity index (χ2n) is 6.20. The normalized spacial score (nSPS) is 14.7. The Hall–Kier alpha value is -3.53. The van der Waals surface area contributed by atoms with Gasteiger partial charge >= 0.3 is 0 Å². The molecule has 1 fully saturated rings. The van der Waals surface area contributed by atoms with Crippen molar-refractivity contribution < 1.29 is 14.3 Å². The van der Waals surface area contributed by atoms with E-state index in [2.05, 4.69) is 10.6 Å². The first-order chi connectivity index (χ1) is 13.0. The topological polar surface area (TPSA) is 94.5 Å². The Morgan fingerprint density at radius 3 is 2.56 bits per heavy atom. The van der Waals surface area contributed by atoms with Crippen LogP contribution >= 0.6 is 0 Å². The van der Waals surface area contributed by atoms with Crippen LogP contribution in [0, 0.1) is 11.3 Å². The molecule has 1 aliphatic rings. The van der Waals surface area contributed by atoms with Crippen LogP contribution in [0.3, 0.4) is 0 Å². The second kappa shape index (κ2) is 8.23. The third kappa shape index (κ3) is 4.76. The molecule has 0 aliphatic carbocycles. The Morgan fingerprint density at radius 2 is 1.93 bits per heavy atom. The lowest BCUT2D eigenvalue weighted by molar-refractivity contribution is -0.122. The van der Waals surface area contributed by atoms with Gasteiger partial charge in [0.15, 0.2) is 6.10 Å². The fraction of sp³-hybridized carbons (Fsp3) is 0.250. The second-order valence-corrected chi connectivity index (χ2v) is 6.20. The van der Waals surface area contributed by atoms with E-state index >= 15 is 0 Å². The number of nitrogens with zero attached hydrogens (tertiary/aromatic N) is 2. The largest absolute Gasteiger partial charge is 0.481 e. The van der Waals surface area contributed by atoms with E-state index in [0.717, 1.165) is 12.2 Å². The van der Waals surface area contributed by atoms with Crippen molar-refractivity contribution in [1.29, 1.82) is 5.26 Å². The van der Waals surface area contributed by atoms with Gasteiger partial charge in [-0.05, 0) is 55.5 Å². The maximum atomic E-state index is 12.3. The summed E-state index contributed by atoms with van der Waals surface area (Å²) >= 11 is 0. The maximum absolute atomic E-state index is 12.3. The molecule has 3 rings (SSSR count). The monoisotopic (exact) mass is 364 g/mol. The summed E-state index contributed by atoms with van der Waals surface area (Å²) in [4.78, 5) is 25.8. The summed E-state index contributed by atoms with van der Waals surface area (Å²) in [6.07, 6.45) is -0.691. The zero-order valence-electron chi connectivity index (χ0n) is 14.9. The number of ether oxygens (including phenoxy) is 1. The van der Waals surface area contributed by atoms with Crippen molar-refractivity contribution >= 4 is 23.2 Å². The molecular formula is C20H20N4O3. The van der Waals surface area contributed by atoms with Gasteiger partial charge in [0.1, 0.15) is 5.75 Å². The molecule has 1 aliphatic heterocycles. The van der Waals surface area contributed by atoms with Gasteiger partial charge in [0.2, 0.25) is 5.91 Å². The first kappa shape index (κ1) is 18.3. The summed E-state index contributed by atoms with van der Waals surface area (Å²) in [5.41, 5.74) is 2.12. The van der Waals surface area contributed by atoms with Crippen LogP contribution in [0.1, 0.15) is 12.5 Å². The Bertz CT molecular complexity index is 856. The lowest BCUT2D eigenvalue weighted by Crippen LogP contribution is -2.47. The van der Waals surface area contributed by atoms with Crippen molar-refractivity contribution in [2.45, 2.75) is 13.0 Å². The summed E-state index contributed by atoms with van der Waals surface area (Å²) in [7, 11) is 0. The molecular weight excluding hydrogens is 344 g/mol. The smallest absolute Gasteiger partial charge is 0.265 e. The van der Waals surface area contributed by atoms with E-state index in [1.165, 1.54) is 0 Å². The summed E-state index contributed by atoms with van der Waals surface area (Å²) in [5, 5.41) is 14.4. The van der Waals surface area contributed by atoms with Crippen molar-refractivity contribution in [3.05, 3.63) is 54.1 Å². The Morgan fingerprint density at radius 1 is 1.22 bits per heavy atom. The number of benzene rings is 2. The minimum atomic E-state index is -0.691. The predicted molar refractivity (Wildman–Crippen MR) is 102 cm³/mol. The lowest BCUT2D eigenvalue weighted by atomic mass is 10.2. The van der Waals surface area contributed by atoms with Gasteiger partial charge in [-0.3, -0.25) is 9.59 Å². The van der Waals surface area contributed by atoms with Gasteiger partial charge in [0.25, 0.3) is 5.91 Å². The number of rotatable bonds is 5. The molecule has 138 valence electrons. The minimum Gasteiger partial charge on any atom is -0.481 e. The highest BCUT2D eigenvalue weighted by Gasteiger charge is 2.17. The van der Waals surface area contributed by atoms with Gasteiger partial charge in [-0.2, -0.15) is 5.26 Å². The highest BCUT2D eigenvalue weighted by Crippen LogP contribution is 2.19. The van der Waals surface area contributed by atoms with Crippen LogP contribution in [-0.2, 0) is 9.59 Å².